The number of fused-ring (bicyclic) bond motifs is 4. The number of carboxylic acid groups (broad SMARTS) is 1. The lowest BCUT2D eigenvalue weighted by molar-refractivity contribution is -0.192. The number of imide groups is 1. The van der Waals surface area contributed by atoms with Crippen molar-refractivity contribution >= 4 is 131 Å². The van der Waals surface area contributed by atoms with Gasteiger partial charge in [-0.25, -0.2) is 62.4 Å². The predicted molar refractivity (Wildman–Crippen MR) is 330 cm³/mol. The lowest BCUT2D eigenvalue weighted by atomic mass is 10.0. The number of nitrogens with one attached hydrogen (secondary N) is 5. The number of imidazole rings is 2. The molecule has 4 aliphatic rings. The summed E-state index contributed by atoms with van der Waals surface area (Å²) in [5.74, 6) is -6.48. The Morgan fingerprint density at radius 2 is 1.42 bits per heavy atom. The Balaban J connectivity index is 0.00000166. The number of hydrogen-bond donors (Lipinski definition) is 10. The van der Waals surface area contributed by atoms with Crippen LogP contribution in [-0.2, 0) is 88.8 Å². The van der Waals surface area contributed by atoms with Gasteiger partial charge in [-0.3, -0.25) is 56.9 Å². The van der Waals surface area contributed by atoms with E-state index in [2.05, 4.69) is 68.7 Å². The van der Waals surface area contributed by atoms with Gasteiger partial charge in [0.15, 0.2) is 53.2 Å². The maximum absolute atomic E-state index is 16.7. The molecule has 3 saturated heterocycles. The molecule has 3 fully saturated rings. The maximum Gasteiger partial charge on any atom is 0.490 e. The summed E-state index contributed by atoms with van der Waals surface area (Å²) in [6.45, 7) is -7.99. The van der Waals surface area contributed by atoms with E-state index in [4.69, 9.17) is 70.2 Å². The highest BCUT2D eigenvalue weighted by Crippen LogP contribution is 2.59. The van der Waals surface area contributed by atoms with E-state index in [1.807, 2.05) is 0 Å². The van der Waals surface area contributed by atoms with Gasteiger partial charge in [-0.1, -0.05) is 38.2 Å². The zero-order valence-corrected chi connectivity index (χ0v) is 54.7. The second-order valence-electron chi connectivity index (χ2n) is 21.7. The van der Waals surface area contributed by atoms with Gasteiger partial charge >= 0.3 is 43.9 Å². The van der Waals surface area contributed by atoms with Crippen LogP contribution in [-0.4, -0.2) is 214 Å². The second-order valence-corrected chi connectivity index (χ2v) is 27.4. The standard InChI is InChI=1S/C50H61F2N17O18P2S2.C2HF3O2/c1-24(2)35(64-30(70)12-14-67-31(71)10-11-32(67)72)45(74)63-27(5-4-13-55-48(54)75)44(73)62-26-8-6-25(7-9-26)17-81-50(77)66(3)15-16-80-49(76)65-41-37-43(59-21-57-41)69(23-61-37)47-34(52)39-29(85-47)19-83-88(78,90)86-38-28(18-82-89(79,91)87-39)84-46(33(38)51)68-22-60-36-40(53)56-20-58-42(36)68;3-2(4,5)1(6)7/h6-11,20-24,27-29,33-35,38-39,46-47H,4-5,12-19H2,1-3H3,(H,62,73)(H,63,74)(H,64,70)(H,78,90)(H,79,91)(H2,53,56,58)(H3,54,55,75)(H,57,59,65,76);(H,6,7)/t27-,28+,29+,33+,34+,35-,38+,39+,46+,47+,88?,89?;/m0./s1. The number of anilines is 3. The number of nitrogens with zero attached hydrogens (tertiary/aromatic N) is 10. The van der Waals surface area contributed by atoms with E-state index in [9.17, 15) is 61.0 Å². The number of primary amides is 1. The van der Waals surface area contributed by atoms with Crippen LogP contribution < -0.4 is 38.1 Å². The lowest BCUT2D eigenvalue weighted by Gasteiger charge is -2.29. The number of carbonyl (C=O) groups is 9. The van der Waals surface area contributed by atoms with Crippen LogP contribution in [0, 0.1) is 5.92 Å². The topological polar surface area (TPSA) is 491 Å². The molecule has 0 radical (unpaired) electrons. The highest BCUT2D eigenvalue weighted by molar-refractivity contribution is 8.44. The van der Waals surface area contributed by atoms with Gasteiger partial charge in [-0.2, -0.15) is 13.2 Å². The highest BCUT2D eigenvalue weighted by atomic mass is 32.7. The number of likely N-dealkylation sites (N-methyl/N-ethyl adjacent to an activating group) is 1. The molecule has 98 heavy (non-hydrogen) atoms. The largest absolute Gasteiger partial charge is 0.490 e. The third kappa shape index (κ3) is 19.3. The van der Waals surface area contributed by atoms with E-state index in [0.717, 1.165) is 45.5 Å². The van der Waals surface area contributed by atoms with Gasteiger partial charge in [0.1, 0.15) is 67.9 Å². The molecule has 11 N–H and O–H groups in total. The molecular formula is C52H62F5N17O20P2S2. The summed E-state index contributed by atoms with van der Waals surface area (Å²) >= 11 is 9.29. The first-order valence-electron chi connectivity index (χ1n) is 28.9. The van der Waals surface area contributed by atoms with Crippen molar-refractivity contribution in [3.05, 3.63) is 67.3 Å². The smallest absolute Gasteiger partial charge is 0.475 e. The van der Waals surface area contributed by atoms with E-state index < -0.39 is 154 Å². The van der Waals surface area contributed by atoms with Gasteiger partial charge in [0.05, 0.1) is 32.4 Å². The zero-order valence-electron chi connectivity index (χ0n) is 51.2. The fraction of sp³-hybridized carbons (Fsp3) is 0.481. The Morgan fingerprint density at radius 3 is 2.02 bits per heavy atom. The number of aromatic nitrogens is 8. The molecule has 12 atom stereocenters. The minimum Gasteiger partial charge on any atom is -0.475 e. The number of hydrogen-bond acceptors (Lipinski definition) is 26. The van der Waals surface area contributed by atoms with Crippen molar-refractivity contribution < 1.29 is 117 Å². The summed E-state index contributed by atoms with van der Waals surface area (Å²) in [4.78, 5) is 148. The van der Waals surface area contributed by atoms with E-state index >= 15 is 8.78 Å². The summed E-state index contributed by atoms with van der Waals surface area (Å²) < 4.78 is 126. The van der Waals surface area contributed by atoms with Crippen molar-refractivity contribution in [1.29, 1.82) is 0 Å². The third-order valence-corrected chi connectivity index (χ3v) is 17.7. The Hall–Kier alpha value is -8.71. The average molecular weight is 1470 g/mol. The Kier molecular flexibility index (Phi) is 24.8. The molecule has 5 aromatic rings. The number of carboxylic acids is 1. The van der Waals surface area contributed by atoms with Crippen LogP contribution in [0.4, 0.5) is 53.7 Å². The number of benzene rings is 1. The molecule has 2 unspecified atom stereocenters. The van der Waals surface area contributed by atoms with Crippen molar-refractivity contribution in [1.82, 2.24) is 64.8 Å². The average Bonchev–Trinajstić information content (AvgIpc) is 1.62. The molecule has 4 aromatic heterocycles. The summed E-state index contributed by atoms with van der Waals surface area (Å²) in [7, 11) is 1.38. The molecule has 4 aliphatic heterocycles. The monoisotopic (exact) mass is 1470 g/mol. The van der Waals surface area contributed by atoms with Crippen molar-refractivity contribution in [2.24, 2.45) is 11.7 Å². The summed E-state index contributed by atoms with van der Waals surface area (Å²) in [5, 5.41) is 19.9. The van der Waals surface area contributed by atoms with Crippen LogP contribution >= 0.6 is 25.8 Å². The second kappa shape index (κ2) is 32.3. The number of halogens is 5. The number of nitrogens with two attached hydrogens (primary N) is 2. The molecular weight excluding hydrogens is 1400 g/mol. The first kappa shape index (κ1) is 75.1. The quantitative estimate of drug-likeness (QED) is 0.0166. The molecule has 37 nitrogen and oxygen atoms in total. The van der Waals surface area contributed by atoms with Gasteiger partial charge in [0.2, 0.25) is 17.7 Å². The molecule has 0 bridgehead atoms. The van der Waals surface area contributed by atoms with Gasteiger partial charge in [0.25, 0.3) is 11.8 Å². The van der Waals surface area contributed by atoms with Gasteiger partial charge in [-0.05, 0) is 48.3 Å². The third-order valence-electron chi connectivity index (χ3n) is 14.5. The minimum absolute atomic E-state index is 0.00614. The highest BCUT2D eigenvalue weighted by Gasteiger charge is 2.54. The van der Waals surface area contributed by atoms with Crippen LogP contribution in [0.3, 0.4) is 0 Å². The lowest BCUT2D eigenvalue weighted by Crippen LogP contribution is -2.54. The zero-order chi connectivity index (χ0) is 71.6. The van der Waals surface area contributed by atoms with Crippen molar-refractivity contribution in [3.63, 3.8) is 0 Å². The van der Waals surface area contributed by atoms with E-state index in [0.29, 0.717) is 11.3 Å². The Morgan fingerprint density at radius 1 is 0.837 bits per heavy atom. The number of aliphatic carboxylic acids is 1. The van der Waals surface area contributed by atoms with Crippen molar-refractivity contribution in [2.75, 3.05) is 62.9 Å². The van der Waals surface area contributed by atoms with Crippen molar-refractivity contribution in [3.8, 4) is 0 Å². The number of thiol groups is 1. The predicted octanol–water partition coefficient (Wildman–Crippen LogP) is 2.57. The maximum atomic E-state index is 16.7. The SMILES string of the molecule is CC(C)[C@H](NC(=O)CCN1C(=O)C=CC1=O)C(=O)N[C@@H](CCCNC(N)=O)C(=O)Nc1ccc(COC(=O)N(C)CCOC(=O)Nc2ncnc3c2ncn3[C@@H]2O[C@@H]3COP(=O)(S)O[C@H]4[C@@H](F)[C@H](n5cnc6c(N)ncnc65)O[C@@H]4COP(O)(=S)O[C@H]3[C@H]2F)cc1.O=C(O)C(F)(F)F. The van der Waals surface area contributed by atoms with Crippen LogP contribution in [0.5, 0.6) is 0 Å². The van der Waals surface area contributed by atoms with Crippen molar-refractivity contribution in [2.45, 2.75) is 107 Å². The molecule has 8 heterocycles. The number of alkyl halides is 5. The Labute approximate surface area is 559 Å². The molecule has 0 saturated carbocycles. The fourth-order valence-electron chi connectivity index (χ4n) is 9.61. The number of rotatable bonds is 21. The van der Waals surface area contributed by atoms with Crippen LogP contribution in [0.1, 0.15) is 51.1 Å². The molecule has 0 spiro atoms. The van der Waals surface area contributed by atoms with Gasteiger partial charge < -0.3 is 71.1 Å². The molecule has 0 aliphatic carbocycles. The van der Waals surface area contributed by atoms with Crippen LogP contribution in [0.25, 0.3) is 22.3 Å². The van der Waals surface area contributed by atoms with E-state index in [1.54, 1.807) is 26.0 Å². The molecule has 1 aromatic carbocycles. The summed E-state index contributed by atoms with van der Waals surface area (Å²) in [5.41, 5.74) is 11.9. The fourth-order valence-corrected chi connectivity index (χ4v) is 12.5. The van der Waals surface area contributed by atoms with E-state index in [1.165, 1.54) is 30.1 Å². The number of urea groups is 1. The minimum atomic E-state index is -5.08. The summed E-state index contributed by atoms with van der Waals surface area (Å²) in [6.07, 6.45) is -14.2. The molecule has 532 valence electrons. The van der Waals surface area contributed by atoms with Crippen LogP contribution in [0.2, 0.25) is 0 Å². The molecule has 9 rings (SSSR count). The number of nitrogen functional groups attached to an aromatic ring is 1. The number of amides is 9. The first-order valence-corrected chi connectivity index (χ1v) is 34.2. The van der Waals surface area contributed by atoms with Gasteiger partial charge in [0, 0.05) is 44.4 Å². The number of ether oxygens (including phenoxy) is 4. The molecule has 46 heteroatoms. The number of carbonyl (C=O) groups excluding carboxylic acids is 8. The Bertz CT molecular complexity index is 3920. The summed E-state index contributed by atoms with van der Waals surface area (Å²) in [6, 6.07) is 3.10. The molecule has 9 amide bonds. The normalized spacial score (nSPS) is 24.6. The van der Waals surface area contributed by atoms with E-state index in [-0.39, 0.29) is 86.1 Å². The van der Waals surface area contributed by atoms with Crippen LogP contribution in [0.15, 0.2) is 61.7 Å². The van der Waals surface area contributed by atoms with Gasteiger partial charge in [-0.15, -0.1) is 0 Å². The first-order chi connectivity index (χ1) is 46.2.